The van der Waals surface area contributed by atoms with Crippen LogP contribution < -0.4 is 25.8 Å². The Kier molecular flexibility index (Phi) is 4.30. The van der Waals surface area contributed by atoms with Crippen LogP contribution in [0.4, 0.5) is 41.9 Å². The number of halogens is 3. The molecule has 1 aliphatic rings. The van der Waals surface area contributed by atoms with Crippen molar-refractivity contribution in [2.24, 2.45) is 0 Å². The molecule has 3 aromatic rings. The first-order chi connectivity index (χ1) is 13.4. The number of nitrogens with two attached hydrogens (primary N) is 1. The summed E-state index contributed by atoms with van der Waals surface area (Å²) in [7, 11) is 0. The molecule has 0 atom stereocenters. The maximum Gasteiger partial charge on any atom is 0.416 e. The molecule has 0 spiro atoms. The molecule has 1 aromatic heterocycles. The van der Waals surface area contributed by atoms with Gasteiger partial charge in [-0.3, -0.25) is 0 Å². The highest BCUT2D eigenvalue weighted by Gasteiger charge is 2.30. The highest BCUT2D eigenvalue weighted by atomic mass is 19.4. The number of ether oxygens (including phenoxy) is 2. The van der Waals surface area contributed by atoms with E-state index in [1.54, 1.807) is 18.2 Å². The van der Waals surface area contributed by atoms with Crippen LogP contribution in [0.2, 0.25) is 0 Å². The first-order valence-electron chi connectivity index (χ1n) is 8.11. The van der Waals surface area contributed by atoms with Crippen LogP contribution in [0.25, 0.3) is 0 Å². The van der Waals surface area contributed by atoms with Gasteiger partial charge in [0.15, 0.2) is 23.1 Å². The van der Waals surface area contributed by atoms with Crippen molar-refractivity contribution in [3.8, 4) is 11.5 Å². The minimum Gasteiger partial charge on any atom is -0.454 e. The lowest BCUT2D eigenvalue weighted by atomic mass is 10.2. The van der Waals surface area contributed by atoms with Gasteiger partial charge in [0, 0.05) is 17.4 Å². The van der Waals surface area contributed by atoms with Crippen molar-refractivity contribution >= 4 is 28.7 Å². The molecule has 1 aliphatic heterocycles. The first-order valence-corrected chi connectivity index (χ1v) is 8.11. The Bertz CT molecular complexity index is 1030. The van der Waals surface area contributed by atoms with Crippen molar-refractivity contribution in [1.82, 2.24) is 9.97 Å². The fourth-order valence-corrected chi connectivity index (χ4v) is 2.62. The minimum absolute atomic E-state index is 0.151. The van der Waals surface area contributed by atoms with Crippen LogP contribution in [0.1, 0.15) is 5.56 Å². The number of hydrogen-bond donors (Lipinski definition) is 3. The third-order valence-electron chi connectivity index (χ3n) is 3.97. The predicted octanol–water partition coefficient (Wildman–Crippen LogP) is 4.29. The van der Waals surface area contributed by atoms with Gasteiger partial charge in [-0.1, -0.05) is 6.07 Å². The third kappa shape index (κ3) is 3.56. The molecule has 0 aliphatic carbocycles. The molecule has 10 heteroatoms. The topological polar surface area (TPSA) is 94.3 Å². The molecule has 2 heterocycles. The van der Waals surface area contributed by atoms with Crippen molar-refractivity contribution < 1.29 is 22.6 Å². The number of nitrogens with one attached hydrogen (secondary N) is 2. The number of anilines is 5. The molecule has 0 unspecified atom stereocenters. The maximum absolute atomic E-state index is 12.9. The first kappa shape index (κ1) is 17.7. The summed E-state index contributed by atoms with van der Waals surface area (Å²) in [5, 5.41) is 5.82. The number of fused-ring (bicyclic) bond motifs is 1. The lowest BCUT2D eigenvalue weighted by molar-refractivity contribution is -0.137. The summed E-state index contributed by atoms with van der Waals surface area (Å²) in [4.78, 5) is 8.10. The molecular weight excluding hydrogens is 375 g/mol. The quantitative estimate of drug-likeness (QED) is 0.613. The van der Waals surface area contributed by atoms with Crippen LogP contribution in [0.15, 0.2) is 48.8 Å². The van der Waals surface area contributed by atoms with E-state index in [2.05, 4.69) is 20.6 Å². The van der Waals surface area contributed by atoms with Gasteiger partial charge in [0.25, 0.3) is 0 Å². The second-order valence-corrected chi connectivity index (χ2v) is 5.88. The lowest BCUT2D eigenvalue weighted by Crippen LogP contribution is -2.07. The monoisotopic (exact) mass is 389 g/mol. The Balaban J connectivity index is 1.57. The number of aromatic nitrogens is 2. The standard InChI is InChI=1S/C18H14F3N5O2/c19-18(20,21)10-2-1-3-11(6-10)25-16-15(22)17(24-8-23-16)26-12-4-5-13-14(7-12)28-9-27-13/h1-8H,9,22H2,(H2,23,24,25,26). The molecule has 0 saturated heterocycles. The maximum atomic E-state index is 12.9. The highest BCUT2D eigenvalue weighted by molar-refractivity contribution is 5.80. The summed E-state index contributed by atoms with van der Waals surface area (Å²) in [5.74, 6) is 1.69. The Hall–Kier alpha value is -3.69. The molecule has 0 radical (unpaired) electrons. The summed E-state index contributed by atoms with van der Waals surface area (Å²) < 4.78 is 49.2. The van der Waals surface area contributed by atoms with Crippen LogP contribution >= 0.6 is 0 Å². The van der Waals surface area contributed by atoms with E-state index in [0.717, 1.165) is 12.1 Å². The molecule has 2 aromatic carbocycles. The zero-order valence-electron chi connectivity index (χ0n) is 14.2. The van der Waals surface area contributed by atoms with Crippen molar-refractivity contribution in [3.63, 3.8) is 0 Å². The predicted molar refractivity (Wildman–Crippen MR) is 97.0 cm³/mol. The second-order valence-electron chi connectivity index (χ2n) is 5.88. The zero-order valence-corrected chi connectivity index (χ0v) is 14.2. The molecule has 28 heavy (non-hydrogen) atoms. The fourth-order valence-electron chi connectivity index (χ4n) is 2.62. The van der Waals surface area contributed by atoms with E-state index in [1.165, 1.54) is 18.5 Å². The van der Waals surface area contributed by atoms with E-state index in [4.69, 9.17) is 15.2 Å². The van der Waals surface area contributed by atoms with Crippen LogP contribution in [0, 0.1) is 0 Å². The van der Waals surface area contributed by atoms with Crippen molar-refractivity contribution in [1.29, 1.82) is 0 Å². The van der Waals surface area contributed by atoms with Gasteiger partial charge in [-0.15, -0.1) is 0 Å². The van der Waals surface area contributed by atoms with E-state index in [0.29, 0.717) is 23.0 Å². The smallest absolute Gasteiger partial charge is 0.416 e. The lowest BCUT2D eigenvalue weighted by Gasteiger charge is -2.14. The highest BCUT2D eigenvalue weighted by Crippen LogP contribution is 2.36. The summed E-state index contributed by atoms with van der Waals surface area (Å²) in [6, 6.07) is 9.98. The minimum atomic E-state index is -4.44. The summed E-state index contributed by atoms with van der Waals surface area (Å²) in [5.41, 5.74) is 6.32. The van der Waals surface area contributed by atoms with Crippen molar-refractivity contribution in [2.75, 3.05) is 23.2 Å². The van der Waals surface area contributed by atoms with Gasteiger partial charge >= 0.3 is 6.18 Å². The van der Waals surface area contributed by atoms with Gasteiger partial charge in [-0.05, 0) is 30.3 Å². The van der Waals surface area contributed by atoms with Gasteiger partial charge < -0.3 is 25.8 Å². The number of hydrogen-bond acceptors (Lipinski definition) is 7. The molecular formula is C18H14F3N5O2. The van der Waals surface area contributed by atoms with E-state index in [1.807, 2.05) is 0 Å². The van der Waals surface area contributed by atoms with E-state index >= 15 is 0 Å². The summed E-state index contributed by atoms with van der Waals surface area (Å²) in [6.07, 6.45) is -3.19. The van der Waals surface area contributed by atoms with Gasteiger partial charge in [-0.25, -0.2) is 9.97 Å². The van der Waals surface area contributed by atoms with E-state index < -0.39 is 11.7 Å². The van der Waals surface area contributed by atoms with Gasteiger partial charge in [0.05, 0.1) is 5.56 Å². The number of nitrogens with zero attached hydrogens (tertiary/aromatic N) is 2. The number of alkyl halides is 3. The molecule has 4 N–H and O–H groups in total. The third-order valence-corrected chi connectivity index (χ3v) is 3.97. The van der Waals surface area contributed by atoms with Gasteiger partial charge in [0.2, 0.25) is 6.79 Å². The fraction of sp³-hybridized carbons (Fsp3) is 0.111. The average Bonchev–Trinajstić information content (AvgIpc) is 3.12. The molecule has 0 fully saturated rings. The summed E-state index contributed by atoms with van der Waals surface area (Å²) >= 11 is 0. The molecule has 0 bridgehead atoms. The van der Waals surface area contributed by atoms with E-state index in [-0.39, 0.29) is 24.0 Å². The van der Waals surface area contributed by atoms with Gasteiger partial charge in [0.1, 0.15) is 12.0 Å². The van der Waals surface area contributed by atoms with Crippen molar-refractivity contribution in [2.45, 2.75) is 6.18 Å². The molecule has 0 saturated carbocycles. The van der Waals surface area contributed by atoms with Crippen LogP contribution in [0.3, 0.4) is 0 Å². The van der Waals surface area contributed by atoms with E-state index in [9.17, 15) is 13.2 Å². The number of nitrogen functional groups attached to an aromatic ring is 1. The van der Waals surface area contributed by atoms with Crippen LogP contribution in [0.5, 0.6) is 11.5 Å². The number of benzene rings is 2. The molecule has 0 amide bonds. The summed E-state index contributed by atoms with van der Waals surface area (Å²) in [6.45, 7) is 0.152. The molecule has 144 valence electrons. The largest absolute Gasteiger partial charge is 0.454 e. The van der Waals surface area contributed by atoms with Gasteiger partial charge in [-0.2, -0.15) is 13.2 Å². The van der Waals surface area contributed by atoms with Crippen molar-refractivity contribution in [3.05, 3.63) is 54.4 Å². The SMILES string of the molecule is Nc1c(Nc2cccc(C(F)(F)F)c2)ncnc1Nc1ccc2c(c1)OCO2. The Morgan fingerprint density at radius 2 is 1.57 bits per heavy atom. The molecule has 4 rings (SSSR count). The number of rotatable bonds is 4. The Morgan fingerprint density at radius 3 is 2.29 bits per heavy atom. The molecule has 7 nitrogen and oxygen atoms in total. The zero-order chi connectivity index (χ0) is 19.7. The van der Waals surface area contributed by atoms with Crippen LogP contribution in [-0.4, -0.2) is 16.8 Å². The second kappa shape index (κ2) is 6.80. The Labute approximate surface area is 157 Å². The average molecular weight is 389 g/mol. The Morgan fingerprint density at radius 1 is 0.893 bits per heavy atom. The van der Waals surface area contributed by atoms with Crippen LogP contribution in [-0.2, 0) is 6.18 Å². The normalized spacial score (nSPS) is 12.7.